The molecule has 9 nitrogen and oxygen atoms in total. The van der Waals surface area contributed by atoms with Crippen molar-refractivity contribution in [2.45, 2.75) is 50.5 Å². The zero-order valence-corrected chi connectivity index (χ0v) is 15.1. The molecule has 6 N–H and O–H groups in total. The molecule has 0 spiro atoms. The Labute approximate surface area is 161 Å². The minimum atomic E-state index is -1.74. The van der Waals surface area contributed by atoms with Gasteiger partial charge in [-0.25, -0.2) is 4.79 Å². The number of rotatable bonds is 8. The third-order valence-electron chi connectivity index (χ3n) is 4.57. The van der Waals surface area contributed by atoms with E-state index in [0.29, 0.717) is 31.2 Å². The summed E-state index contributed by atoms with van der Waals surface area (Å²) >= 11 is 0. The standard InChI is InChI=1S/C19H24O9/c1-2-3-4-5-6-10-7-11(8-13(21)14(10)17(24)25)27-19-12(9-20)15(22)16(23)18(26)28-19/h1,7-8,12,15-16,18-23,26H,3-6,9H2,(H,24,25)/t12-,15-,16+,18+,19?/m1/s1. The van der Waals surface area contributed by atoms with E-state index in [4.69, 9.17) is 15.9 Å². The number of phenols is 1. The highest BCUT2D eigenvalue weighted by Gasteiger charge is 2.45. The van der Waals surface area contributed by atoms with Crippen LogP contribution in [0.3, 0.4) is 0 Å². The fraction of sp³-hybridized carbons (Fsp3) is 0.526. The van der Waals surface area contributed by atoms with Gasteiger partial charge in [0.15, 0.2) is 6.29 Å². The van der Waals surface area contributed by atoms with Crippen LogP contribution in [-0.2, 0) is 11.2 Å². The first-order valence-electron chi connectivity index (χ1n) is 8.80. The Morgan fingerprint density at radius 2 is 1.93 bits per heavy atom. The number of benzene rings is 1. The number of carboxylic acids is 1. The molecule has 0 radical (unpaired) electrons. The molecule has 9 heteroatoms. The van der Waals surface area contributed by atoms with E-state index in [1.807, 2.05) is 0 Å². The largest absolute Gasteiger partial charge is 0.507 e. The number of unbranched alkanes of at least 4 members (excludes halogenated alkanes) is 2. The summed E-state index contributed by atoms with van der Waals surface area (Å²) in [7, 11) is 0. The summed E-state index contributed by atoms with van der Waals surface area (Å²) in [5.74, 6) is -0.374. The number of aromatic hydroxyl groups is 1. The molecule has 1 aliphatic heterocycles. The smallest absolute Gasteiger partial charge is 0.339 e. The maximum absolute atomic E-state index is 11.5. The minimum Gasteiger partial charge on any atom is -0.507 e. The molecule has 1 unspecified atom stereocenters. The molecule has 0 aliphatic carbocycles. The number of aryl methyl sites for hydroxylation is 1. The second-order valence-corrected chi connectivity index (χ2v) is 6.53. The molecular formula is C19H24O9. The number of aliphatic hydroxyl groups is 4. The van der Waals surface area contributed by atoms with E-state index in [0.717, 1.165) is 6.07 Å². The van der Waals surface area contributed by atoms with Crippen LogP contribution in [0.25, 0.3) is 0 Å². The highest BCUT2D eigenvalue weighted by Crippen LogP contribution is 2.33. The van der Waals surface area contributed by atoms with E-state index in [1.165, 1.54) is 6.07 Å². The Morgan fingerprint density at radius 1 is 1.21 bits per heavy atom. The van der Waals surface area contributed by atoms with Crippen LogP contribution in [-0.4, -0.2) is 68.0 Å². The lowest BCUT2D eigenvalue weighted by Gasteiger charge is -2.39. The maximum Gasteiger partial charge on any atom is 0.339 e. The van der Waals surface area contributed by atoms with Crippen molar-refractivity contribution >= 4 is 5.97 Å². The summed E-state index contributed by atoms with van der Waals surface area (Å²) in [6, 6.07) is 2.47. The number of aliphatic hydroxyl groups excluding tert-OH is 4. The van der Waals surface area contributed by atoms with Crippen LogP contribution in [0.2, 0.25) is 0 Å². The van der Waals surface area contributed by atoms with Gasteiger partial charge in [0.25, 0.3) is 0 Å². The zero-order chi connectivity index (χ0) is 20.8. The van der Waals surface area contributed by atoms with Crippen molar-refractivity contribution in [1.29, 1.82) is 0 Å². The molecule has 1 fully saturated rings. The van der Waals surface area contributed by atoms with Crippen LogP contribution in [0, 0.1) is 18.3 Å². The molecule has 0 aromatic heterocycles. The highest BCUT2D eigenvalue weighted by atomic mass is 16.7. The van der Waals surface area contributed by atoms with Gasteiger partial charge in [0.2, 0.25) is 6.29 Å². The van der Waals surface area contributed by atoms with Crippen LogP contribution in [0.5, 0.6) is 11.5 Å². The van der Waals surface area contributed by atoms with Gasteiger partial charge < -0.3 is 40.1 Å². The molecule has 1 heterocycles. The Bertz CT molecular complexity index is 727. The van der Waals surface area contributed by atoms with Gasteiger partial charge in [-0.1, -0.05) is 0 Å². The molecule has 1 aromatic rings. The number of aromatic carboxylic acids is 1. The lowest BCUT2D eigenvalue weighted by Crippen LogP contribution is -2.57. The SMILES string of the molecule is C#CCCCCc1cc(OC2O[C@H](O)[C@@H](O)[C@H](O)[C@H]2CO)cc(O)c1C(=O)O. The van der Waals surface area contributed by atoms with E-state index < -0.39 is 49.0 Å². The van der Waals surface area contributed by atoms with Crippen molar-refractivity contribution in [3.8, 4) is 23.8 Å². The molecule has 0 saturated carbocycles. The Morgan fingerprint density at radius 3 is 2.54 bits per heavy atom. The second kappa shape index (κ2) is 9.73. The summed E-state index contributed by atoms with van der Waals surface area (Å²) in [5.41, 5.74) is 0.0591. The number of ether oxygens (including phenoxy) is 2. The molecule has 1 aliphatic rings. The predicted octanol–water partition coefficient (Wildman–Crippen LogP) is -0.180. The second-order valence-electron chi connectivity index (χ2n) is 6.53. The highest BCUT2D eigenvalue weighted by molar-refractivity contribution is 5.92. The number of hydrogen-bond donors (Lipinski definition) is 6. The number of hydrogen-bond acceptors (Lipinski definition) is 8. The molecule has 0 amide bonds. The maximum atomic E-state index is 11.5. The summed E-state index contributed by atoms with van der Waals surface area (Å²) in [5, 5.41) is 58.2. The normalized spacial score (nSPS) is 27.2. The molecule has 28 heavy (non-hydrogen) atoms. The summed E-state index contributed by atoms with van der Waals surface area (Å²) < 4.78 is 10.6. The van der Waals surface area contributed by atoms with Crippen molar-refractivity contribution in [2.75, 3.05) is 6.61 Å². The monoisotopic (exact) mass is 396 g/mol. The Hall–Kier alpha value is -2.35. The van der Waals surface area contributed by atoms with Crippen molar-refractivity contribution in [3.05, 3.63) is 23.3 Å². The van der Waals surface area contributed by atoms with Gasteiger partial charge in [0.05, 0.1) is 18.6 Å². The molecular weight excluding hydrogens is 372 g/mol. The fourth-order valence-corrected chi connectivity index (χ4v) is 3.06. The summed E-state index contributed by atoms with van der Waals surface area (Å²) in [6.07, 6.45) is 1.14. The number of carboxylic acid groups (broad SMARTS) is 1. The van der Waals surface area contributed by atoms with E-state index in [2.05, 4.69) is 5.92 Å². The number of terminal acetylenes is 1. The first-order chi connectivity index (χ1) is 13.3. The molecule has 1 saturated heterocycles. The Kier molecular flexibility index (Phi) is 7.62. The van der Waals surface area contributed by atoms with Crippen molar-refractivity contribution < 1.29 is 44.9 Å². The zero-order valence-electron chi connectivity index (χ0n) is 15.1. The lowest BCUT2D eigenvalue weighted by molar-refractivity contribution is -0.312. The predicted molar refractivity (Wildman–Crippen MR) is 95.6 cm³/mol. The van der Waals surface area contributed by atoms with E-state index in [9.17, 15) is 35.4 Å². The van der Waals surface area contributed by atoms with Gasteiger partial charge in [-0.3, -0.25) is 0 Å². The lowest BCUT2D eigenvalue weighted by atomic mass is 9.94. The van der Waals surface area contributed by atoms with E-state index >= 15 is 0 Å². The van der Waals surface area contributed by atoms with Crippen molar-refractivity contribution in [2.24, 2.45) is 5.92 Å². The summed E-state index contributed by atoms with van der Waals surface area (Å²) in [4.78, 5) is 11.5. The quantitative estimate of drug-likeness (QED) is 0.259. The Balaban J connectivity index is 2.26. The molecule has 2 rings (SSSR count). The number of carbonyl (C=O) groups is 1. The molecule has 1 aromatic carbocycles. The van der Waals surface area contributed by atoms with Crippen LogP contribution >= 0.6 is 0 Å². The van der Waals surface area contributed by atoms with Crippen molar-refractivity contribution in [1.82, 2.24) is 0 Å². The molecule has 154 valence electrons. The topological polar surface area (TPSA) is 157 Å². The first kappa shape index (κ1) is 21.9. The van der Waals surface area contributed by atoms with Crippen LogP contribution in [0.1, 0.15) is 35.2 Å². The van der Waals surface area contributed by atoms with Gasteiger partial charge in [0.1, 0.15) is 23.2 Å². The van der Waals surface area contributed by atoms with Crippen LogP contribution in [0.15, 0.2) is 12.1 Å². The molecule has 0 bridgehead atoms. The average molecular weight is 396 g/mol. The third kappa shape index (κ3) is 4.92. The first-order valence-corrected chi connectivity index (χ1v) is 8.80. The van der Waals surface area contributed by atoms with Crippen molar-refractivity contribution in [3.63, 3.8) is 0 Å². The third-order valence-corrected chi connectivity index (χ3v) is 4.57. The molecule has 5 atom stereocenters. The van der Waals surface area contributed by atoms with E-state index in [-0.39, 0.29) is 11.3 Å². The average Bonchev–Trinajstić information content (AvgIpc) is 2.63. The van der Waals surface area contributed by atoms with Gasteiger partial charge in [-0.2, -0.15) is 0 Å². The fourth-order valence-electron chi connectivity index (χ4n) is 3.06. The minimum absolute atomic E-state index is 0.0219. The van der Waals surface area contributed by atoms with Crippen LogP contribution in [0.4, 0.5) is 0 Å². The van der Waals surface area contributed by atoms with Gasteiger partial charge in [0, 0.05) is 12.5 Å². The van der Waals surface area contributed by atoms with E-state index in [1.54, 1.807) is 0 Å². The van der Waals surface area contributed by atoms with Gasteiger partial charge in [-0.15, -0.1) is 12.3 Å². The summed E-state index contributed by atoms with van der Waals surface area (Å²) in [6.45, 7) is -0.603. The van der Waals surface area contributed by atoms with Gasteiger partial charge >= 0.3 is 5.97 Å². The van der Waals surface area contributed by atoms with Crippen LogP contribution < -0.4 is 4.74 Å². The van der Waals surface area contributed by atoms with Gasteiger partial charge in [-0.05, 0) is 30.9 Å².